The van der Waals surface area contributed by atoms with Gasteiger partial charge in [-0.15, -0.1) is 0 Å². The molecule has 5 nitrogen and oxygen atoms in total. The standard InChI is InChI=1S/C20H24N2O3/c1-3-4-14-25-17-13-9-8-12-16(17)19(23)22-18(20(24)21-2)15-10-6-5-7-11-15/h5-13,18H,3-4,14H2,1-2H3,(H,21,24)(H,22,23). The minimum absolute atomic E-state index is 0.274. The molecule has 2 rings (SSSR count). The van der Waals surface area contributed by atoms with Gasteiger partial charge in [-0.3, -0.25) is 9.59 Å². The number of hydrogen-bond acceptors (Lipinski definition) is 3. The highest BCUT2D eigenvalue weighted by Crippen LogP contribution is 2.20. The number of rotatable bonds is 8. The first-order chi connectivity index (χ1) is 12.2. The summed E-state index contributed by atoms with van der Waals surface area (Å²) >= 11 is 0. The van der Waals surface area contributed by atoms with Crippen LogP contribution in [-0.4, -0.2) is 25.5 Å². The Labute approximate surface area is 148 Å². The molecular formula is C20H24N2O3. The number of nitrogens with one attached hydrogen (secondary N) is 2. The fourth-order valence-electron chi connectivity index (χ4n) is 2.41. The van der Waals surface area contributed by atoms with Crippen molar-refractivity contribution in [3.8, 4) is 5.75 Å². The van der Waals surface area contributed by atoms with E-state index >= 15 is 0 Å². The van der Waals surface area contributed by atoms with Crippen LogP contribution in [0.2, 0.25) is 0 Å². The Morgan fingerprint density at radius 1 is 1.04 bits per heavy atom. The predicted octanol–water partition coefficient (Wildman–Crippen LogP) is 3.08. The van der Waals surface area contributed by atoms with Gasteiger partial charge in [0.15, 0.2) is 0 Å². The van der Waals surface area contributed by atoms with Crippen molar-refractivity contribution in [3.63, 3.8) is 0 Å². The minimum Gasteiger partial charge on any atom is -0.493 e. The fraction of sp³-hybridized carbons (Fsp3) is 0.300. The van der Waals surface area contributed by atoms with Gasteiger partial charge in [0, 0.05) is 7.05 Å². The van der Waals surface area contributed by atoms with E-state index in [2.05, 4.69) is 17.6 Å². The summed E-state index contributed by atoms with van der Waals surface area (Å²) in [4.78, 5) is 24.9. The molecule has 2 aromatic carbocycles. The van der Waals surface area contributed by atoms with Crippen LogP contribution in [0.5, 0.6) is 5.75 Å². The fourth-order valence-corrected chi connectivity index (χ4v) is 2.41. The van der Waals surface area contributed by atoms with Gasteiger partial charge >= 0.3 is 0 Å². The summed E-state index contributed by atoms with van der Waals surface area (Å²) in [6.45, 7) is 2.63. The van der Waals surface area contributed by atoms with Gasteiger partial charge in [-0.2, -0.15) is 0 Å². The van der Waals surface area contributed by atoms with Crippen LogP contribution in [-0.2, 0) is 4.79 Å². The van der Waals surface area contributed by atoms with Crippen molar-refractivity contribution in [1.29, 1.82) is 0 Å². The molecule has 0 aromatic heterocycles. The van der Waals surface area contributed by atoms with E-state index in [9.17, 15) is 9.59 Å². The van der Waals surface area contributed by atoms with Crippen LogP contribution in [0.1, 0.15) is 41.7 Å². The van der Waals surface area contributed by atoms with Gasteiger partial charge in [-0.1, -0.05) is 55.8 Å². The lowest BCUT2D eigenvalue weighted by molar-refractivity contribution is -0.122. The van der Waals surface area contributed by atoms with Crippen molar-refractivity contribution in [2.45, 2.75) is 25.8 Å². The van der Waals surface area contributed by atoms with E-state index in [0.29, 0.717) is 17.9 Å². The number of carbonyl (C=O) groups excluding carboxylic acids is 2. The SMILES string of the molecule is CCCCOc1ccccc1C(=O)NC(C(=O)NC)c1ccccc1. The molecule has 0 aliphatic heterocycles. The van der Waals surface area contributed by atoms with Gasteiger partial charge in [0.1, 0.15) is 11.8 Å². The van der Waals surface area contributed by atoms with E-state index in [1.807, 2.05) is 36.4 Å². The van der Waals surface area contributed by atoms with Crippen LogP contribution in [0.3, 0.4) is 0 Å². The second kappa shape index (κ2) is 9.47. The van der Waals surface area contributed by atoms with E-state index < -0.39 is 6.04 Å². The van der Waals surface area contributed by atoms with Gasteiger partial charge < -0.3 is 15.4 Å². The lowest BCUT2D eigenvalue weighted by Crippen LogP contribution is -2.39. The van der Waals surface area contributed by atoms with Crippen LogP contribution >= 0.6 is 0 Å². The Bertz CT molecular complexity index is 701. The van der Waals surface area contributed by atoms with Crippen LogP contribution < -0.4 is 15.4 Å². The summed E-state index contributed by atoms with van der Waals surface area (Å²) in [5.41, 5.74) is 1.14. The van der Waals surface area contributed by atoms with Crippen molar-refractivity contribution in [2.75, 3.05) is 13.7 Å². The third-order valence-electron chi connectivity index (χ3n) is 3.80. The number of para-hydroxylation sites is 1. The maximum atomic E-state index is 12.7. The molecule has 2 aromatic rings. The molecule has 0 aliphatic rings. The molecule has 0 saturated carbocycles. The van der Waals surface area contributed by atoms with Gasteiger partial charge in [0.25, 0.3) is 5.91 Å². The Morgan fingerprint density at radius 2 is 1.72 bits per heavy atom. The van der Waals surface area contributed by atoms with Crippen molar-refractivity contribution in [3.05, 3.63) is 65.7 Å². The lowest BCUT2D eigenvalue weighted by atomic mass is 10.1. The average molecular weight is 340 g/mol. The molecule has 1 unspecified atom stereocenters. The molecule has 0 bridgehead atoms. The van der Waals surface area contributed by atoms with Gasteiger partial charge in [0.2, 0.25) is 5.91 Å². The molecule has 0 spiro atoms. The molecule has 0 heterocycles. The van der Waals surface area contributed by atoms with Crippen molar-refractivity contribution < 1.29 is 14.3 Å². The second-order valence-corrected chi connectivity index (χ2v) is 5.63. The summed E-state index contributed by atoms with van der Waals surface area (Å²) < 4.78 is 5.71. The summed E-state index contributed by atoms with van der Waals surface area (Å²) in [7, 11) is 1.55. The summed E-state index contributed by atoms with van der Waals surface area (Å²) in [6, 6.07) is 15.5. The highest BCUT2D eigenvalue weighted by atomic mass is 16.5. The number of unbranched alkanes of at least 4 members (excludes halogenated alkanes) is 1. The maximum absolute atomic E-state index is 12.7. The molecular weight excluding hydrogens is 316 g/mol. The normalized spacial score (nSPS) is 11.4. The summed E-state index contributed by atoms with van der Waals surface area (Å²) in [5.74, 6) is -0.0920. The average Bonchev–Trinajstić information content (AvgIpc) is 2.66. The van der Waals surface area contributed by atoms with E-state index in [-0.39, 0.29) is 11.8 Å². The lowest BCUT2D eigenvalue weighted by Gasteiger charge is -2.19. The van der Waals surface area contributed by atoms with Crippen LogP contribution in [0, 0.1) is 0 Å². The predicted molar refractivity (Wildman–Crippen MR) is 97.6 cm³/mol. The number of carbonyl (C=O) groups is 2. The Kier molecular flexibility index (Phi) is 7.01. The van der Waals surface area contributed by atoms with E-state index in [4.69, 9.17) is 4.74 Å². The number of amides is 2. The third kappa shape index (κ3) is 5.08. The maximum Gasteiger partial charge on any atom is 0.255 e. The first-order valence-corrected chi connectivity index (χ1v) is 8.46. The zero-order valence-corrected chi connectivity index (χ0v) is 14.6. The van der Waals surface area contributed by atoms with Crippen molar-refractivity contribution in [2.24, 2.45) is 0 Å². The van der Waals surface area contributed by atoms with Gasteiger partial charge in [-0.05, 0) is 24.1 Å². The molecule has 132 valence electrons. The summed E-state index contributed by atoms with van der Waals surface area (Å²) in [6.07, 6.45) is 1.93. The van der Waals surface area contributed by atoms with Crippen LogP contribution in [0.25, 0.3) is 0 Å². The zero-order valence-electron chi connectivity index (χ0n) is 14.6. The Balaban J connectivity index is 2.20. The van der Waals surface area contributed by atoms with Crippen molar-refractivity contribution >= 4 is 11.8 Å². The monoisotopic (exact) mass is 340 g/mol. The van der Waals surface area contributed by atoms with Crippen LogP contribution in [0.15, 0.2) is 54.6 Å². The Morgan fingerprint density at radius 3 is 2.40 bits per heavy atom. The highest BCUT2D eigenvalue weighted by Gasteiger charge is 2.23. The first-order valence-electron chi connectivity index (χ1n) is 8.46. The summed E-state index contributed by atoms with van der Waals surface area (Å²) in [5, 5.41) is 5.39. The zero-order chi connectivity index (χ0) is 18.1. The smallest absolute Gasteiger partial charge is 0.255 e. The minimum atomic E-state index is -0.762. The van der Waals surface area contributed by atoms with Gasteiger partial charge in [-0.25, -0.2) is 0 Å². The molecule has 0 aliphatic carbocycles. The molecule has 5 heteroatoms. The number of likely N-dealkylation sites (N-methyl/N-ethyl adjacent to an activating group) is 1. The molecule has 0 fully saturated rings. The third-order valence-corrected chi connectivity index (χ3v) is 3.80. The molecule has 0 radical (unpaired) electrons. The largest absolute Gasteiger partial charge is 0.493 e. The highest BCUT2D eigenvalue weighted by molar-refractivity contribution is 5.99. The van der Waals surface area contributed by atoms with Gasteiger partial charge in [0.05, 0.1) is 12.2 Å². The van der Waals surface area contributed by atoms with Crippen molar-refractivity contribution in [1.82, 2.24) is 10.6 Å². The number of ether oxygens (including phenoxy) is 1. The van der Waals surface area contributed by atoms with Crippen LogP contribution in [0.4, 0.5) is 0 Å². The topological polar surface area (TPSA) is 67.4 Å². The van der Waals surface area contributed by atoms with E-state index in [1.54, 1.807) is 25.2 Å². The first kappa shape index (κ1) is 18.5. The second-order valence-electron chi connectivity index (χ2n) is 5.63. The molecule has 0 saturated heterocycles. The molecule has 1 atom stereocenters. The molecule has 2 amide bonds. The number of benzene rings is 2. The Hall–Kier alpha value is -2.82. The molecule has 2 N–H and O–H groups in total. The van der Waals surface area contributed by atoms with E-state index in [1.165, 1.54) is 0 Å². The molecule has 25 heavy (non-hydrogen) atoms. The van der Waals surface area contributed by atoms with E-state index in [0.717, 1.165) is 18.4 Å². The number of hydrogen-bond donors (Lipinski definition) is 2. The quantitative estimate of drug-likeness (QED) is 0.726.